The lowest BCUT2D eigenvalue weighted by Gasteiger charge is -2.36. The smallest absolute Gasteiger partial charge is 0.223 e. The molecule has 4 rings (SSSR count). The monoisotopic (exact) mass is 361 g/mol. The van der Waals surface area contributed by atoms with Gasteiger partial charge in [0.1, 0.15) is 0 Å². The second-order valence-electron chi connectivity index (χ2n) is 6.38. The van der Waals surface area contributed by atoms with Crippen molar-refractivity contribution in [2.75, 3.05) is 39.3 Å². The lowest BCUT2D eigenvalue weighted by atomic mass is 9.98. The van der Waals surface area contributed by atoms with Crippen LogP contribution in [0.1, 0.15) is 27.8 Å². The Balaban J connectivity index is 1.46. The molecule has 24 heavy (non-hydrogen) atoms. The second kappa shape index (κ2) is 7.35. The molecule has 0 aliphatic carbocycles. The van der Waals surface area contributed by atoms with Gasteiger partial charge in [-0.15, -0.1) is 22.7 Å². The number of hydrogen-bond acceptors (Lipinski definition) is 5. The maximum atomic E-state index is 12.5. The van der Waals surface area contributed by atoms with E-state index in [1.165, 1.54) is 15.3 Å². The number of thiophene rings is 2. The first kappa shape index (κ1) is 16.3. The highest BCUT2D eigenvalue weighted by atomic mass is 32.1. The third-order valence-electron chi connectivity index (χ3n) is 4.96. The molecule has 0 aromatic carbocycles. The molecule has 1 unspecified atom stereocenters. The number of carbonyl (C=O) groups excluding carboxylic acids is 1. The van der Waals surface area contributed by atoms with Crippen molar-refractivity contribution >= 4 is 28.6 Å². The van der Waals surface area contributed by atoms with Crippen molar-refractivity contribution in [1.82, 2.24) is 15.1 Å². The minimum atomic E-state index is 0.303. The van der Waals surface area contributed by atoms with Crippen molar-refractivity contribution in [3.8, 4) is 0 Å². The largest absolute Gasteiger partial charge is 0.340 e. The fourth-order valence-electron chi connectivity index (χ4n) is 3.70. The number of fused-ring (bicyclic) bond motifs is 1. The van der Waals surface area contributed by atoms with Crippen molar-refractivity contribution < 1.29 is 4.79 Å². The summed E-state index contributed by atoms with van der Waals surface area (Å²) in [5, 5.41) is 7.67. The molecular formula is C18H23N3OS2. The zero-order valence-corrected chi connectivity index (χ0v) is 15.4. The number of amides is 1. The Kier molecular flexibility index (Phi) is 4.98. The molecule has 1 fully saturated rings. The van der Waals surface area contributed by atoms with Crippen molar-refractivity contribution in [3.63, 3.8) is 0 Å². The van der Waals surface area contributed by atoms with E-state index in [9.17, 15) is 4.79 Å². The quantitative estimate of drug-likeness (QED) is 0.909. The van der Waals surface area contributed by atoms with Crippen molar-refractivity contribution in [2.24, 2.45) is 0 Å². The Labute approximate surface area is 151 Å². The van der Waals surface area contributed by atoms with E-state index in [1.807, 2.05) is 27.6 Å². The summed E-state index contributed by atoms with van der Waals surface area (Å²) in [7, 11) is 0. The topological polar surface area (TPSA) is 35.6 Å². The lowest BCUT2D eigenvalue weighted by molar-refractivity contribution is -0.132. The molecule has 0 spiro atoms. The van der Waals surface area contributed by atoms with Crippen LogP contribution >= 0.6 is 22.7 Å². The molecular weight excluding hydrogens is 338 g/mol. The van der Waals surface area contributed by atoms with Gasteiger partial charge in [0.05, 0.1) is 6.04 Å². The summed E-state index contributed by atoms with van der Waals surface area (Å²) < 4.78 is 0. The van der Waals surface area contributed by atoms with Crippen molar-refractivity contribution in [2.45, 2.75) is 18.9 Å². The van der Waals surface area contributed by atoms with Gasteiger partial charge in [-0.3, -0.25) is 9.69 Å². The minimum Gasteiger partial charge on any atom is -0.340 e. The van der Waals surface area contributed by atoms with E-state index in [1.54, 1.807) is 0 Å². The van der Waals surface area contributed by atoms with Crippen LogP contribution < -0.4 is 5.32 Å². The molecule has 0 bridgehead atoms. The average Bonchev–Trinajstić information content (AvgIpc) is 3.31. The predicted octanol–water partition coefficient (Wildman–Crippen LogP) is 2.58. The van der Waals surface area contributed by atoms with Gasteiger partial charge in [0.25, 0.3) is 0 Å². The fraction of sp³-hybridized carbons (Fsp3) is 0.500. The Bertz CT molecular complexity index is 676. The van der Waals surface area contributed by atoms with E-state index in [0.29, 0.717) is 18.4 Å². The normalized spacial score (nSPS) is 21.7. The molecule has 6 heteroatoms. The first-order valence-electron chi connectivity index (χ1n) is 8.65. The molecule has 2 aliphatic rings. The first-order chi connectivity index (χ1) is 11.8. The second-order valence-corrected chi connectivity index (χ2v) is 8.36. The number of hydrogen-bond donors (Lipinski definition) is 1. The van der Waals surface area contributed by atoms with Crippen LogP contribution in [0.5, 0.6) is 0 Å². The van der Waals surface area contributed by atoms with E-state index < -0.39 is 0 Å². The Morgan fingerprint density at radius 1 is 1.17 bits per heavy atom. The summed E-state index contributed by atoms with van der Waals surface area (Å²) >= 11 is 3.69. The highest BCUT2D eigenvalue weighted by molar-refractivity contribution is 7.10. The molecule has 1 N–H and O–H groups in total. The van der Waals surface area contributed by atoms with Gasteiger partial charge < -0.3 is 10.2 Å². The standard InChI is InChI=1S/C18H23N3OS2/c22-17(20-10-6-19-7-11-20)4-9-21-8-3-15-14(5-13-24-15)18(21)16-2-1-12-23-16/h1-2,5,12-13,18-19H,3-4,6-11H2. The fourth-order valence-corrected chi connectivity index (χ4v) is 5.48. The SMILES string of the molecule is O=C(CCN1CCc2sccc2C1c1cccs1)N1CCNCC1. The van der Waals surface area contributed by atoms with Crippen LogP contribution in [-0.4, -0.2) is 55.0 Å². The summed E-state index contributed by atoms with van der Waals surface area (Å²) in [4.78, 5) is 19.9. The van der Waals surface area contributed by atoms with Crippen LogP contribution in [0.4, 0.5) is 0 Å². The zero-order valence-electron chi connectivity index (χ0n) is 13.7. The third kappa shape index (κ3) is 3.28. The molecule has 2 aromatic heterocycles. The zero-order chi connectivity index (χ0) is 16.4. The average molecular weight is 362 g/mol. The van der Waals surface area contributed by atoms with Crippen LogP contribution in [0.3, 0.4) is 0 Å². The van der Waals surface area contributed by atoms with Crippen LogP contribution in [0.2, 0.25) is 0 Å². The summed E-state index contributed by atoms with van der Waals surface area (Å²) in [5.74, 6) is 0.303. The molecule has 1 atom stereocenters. The maximum Gasteiger partial charge on any atom is 0.223 e. The highest BCUT2D eigenvalue weighted by Gasteiger charge is 2.30. The van der Waals surface area contributed by atoms with Gasteiger partial charge in [-0.25, -0.2) is 0 Å². The molecule has 1 saturated heterocycles. The molecule has 128 valence electrons. The lowest BCUT2D eigenvalue weighted by Crippen LogP contribution is -2.47. The van der Waals surface area contributed by atoms with Gasteiger partial charge in [0, 0.05) is 55.4 Å². The third-order valence-corrected chi connectivity index (χ3v) is 6.88. The Morgan fingerprint density at radius 3 is 2.83 bits per heavy atom. The predicted molar refractivity (Wildman–Crippen MR) is 99.8 cm³/mol. The van der Waals surface area contributed by atoms with E-state index in [0.717, 1.165) is 45.7 Å². The van der Waals surface area contributed by atoms with E-state index >= 15 is 0 Å². The summed E-state index contributed by atoms with van der Waals surface area (Å²) in [6.07, 6.45) is 1.73. The molecule has 1 amide bonds. The Hall–Kier alpha value is -1.21. The minimum absolute atomic E-state index is 0.303. The molecule has 2 aromatic rings. The van der Waals surface area contributed by atoms with E-state index in [4.69, 9.17) is 0 Å². The molecule has 4 heterocycles. The van der Waals surface area contributed by atoms with Crippen LogP contribution in [0, 0.1) is 0 Å². The number of piperazine rings is 1. The van der Waals surface area contributed by atoms with Gasteiger partial charge in [0.2, 0.25) is 5.91 Å². The molecule has 0 radical (unpaired) electrons. The van der Waals surface area contributed by atoms with Gasteiger partial charge >= 0.3 is 0 Å². The van der Waals surface area contributed by atoms with Crippen molar-refractivity contribution in [3.05, 3.63) is 44.3 Å². The summed E-state index contributed by atoms with van der Waals surface area (Å²) in [6, 6.07) is 6.96. The van der Waals surface area contributed by atoms with Crippen LogP contribution in [0.25, 0.3) is 0 Å². The molecule has 2 aliphatic heterocycles. The molecule has 4 nitrogen and oxygen atoms in total. The first-order valence-corrected chi connectivity index (χ1v) is 10.4. The van der Waals surface area contributed by atoms with Crippen LogP contribution in [0.15, 0.2) is 29.0 Å². The van der Waals surface area contributed by atoms with Crippen LogP contribution in [-0.2, 0) is 11.2 Å². The maximum absolute atomic E-state index is 12.5. The number of rotatable bonds is 4. The van der Waals surface area contributed by atoms with Gasteiger partial charge in [-0.1, -0.05) is 6.07 Å². The van der Waals surface area contributed by atoms with E-state index in [-0.39, 0.29) is 0 Å². The summed E-state index contributed by atoms with van der Waals surface area (Å²) in [6.45, 7) is 5.44. The number of carbonyl (C=O) groups is 1. The molecule has 0 saturated carbocycles. The van der Waals surface area contributed by atoms with Gasteiger partial charge in [-0.05, 0) is 34.9 Å². The Morgan fingerprint density at radius 2 is 2.04 bits per heavy atom. The summed E-state index contributed by atoms with van der Waals surface area (Å²) in [5.41, 5.74) is 1.45. The van der Waals surface area contributed by atoms with Gasteiger partial charge in [0.15, 0.2) is 0 Å². The van der Waals surface area contributed by atoms with Gasteiger partial charge in [-0.2, -0.15) is 0 Å². The number of nitrogens with zero attached hydrogens (tertiary/aromatic N) is 2. The highest BCUT2D eigenvalue weighted by Crippen LogP contribution is 2.39. The van der Waals surface area contributed by atoms with E-state index in [2.05, 4.69) is 39.2 Å². The van der Waals surface area contributed by atoms with Crippen molar-refractivity contribution in [1.29, 1.82) is 0 Å². The number of nitrogens with one attached hydrogen (secondary N) is 1.